The minimum absolute atomic E-state index is 0.0340. The molecular formula is C21H21FN2O5S2. The molecule has 3 rings (SSSR count). The fourth-order valence-electron chi connectivity index (χ4n) is 2.96. The highest BCUT2D eigenvalue weighted by molar-refractivity contribution is 7.92. The van der Waals surface area contributed by atoms with Crippen LogP contribution in [0.2, 0.25) is 0 Å². The first-order valence-electron chi connectivity index (χ1n) is 9.19. The first-order valence-corrected chi connectivity index (χ1v) is 12.2. The Morgan fingerprint density at radius 3 is 2.29 bits per heavy atom. The van der Waals surface area contributed by atoms with Crippen LogP contribution in [0.15, 0.2) is 76.8 Å². The van der Waals surface area contributed by atoms with E-state index in [1.54, 1.807) is 12.1 Å². The Kier molecular flexibility index (Phi) is 6.73. The summed E-state index contributed by atoms with van der Waals surface area (Å²) in [4.78, 5) is 3.81. The molecule has 1 N–H and O–H groups in total. The molecule has 0 aliphatic heterocycles. The SMILES string of the molecule is COc1ccc(S(=O)(=O)NC[C@@H](c2cccnc2)S(=O)(=O)c2ccc(F)c(C)c2)cc1. The van der Waals surface area contributed by atoms with Gasteiger partial charge in [-0.05, 0) is 66.6 Å². The summed E-state index contributed by atoms with van der Waals surface area (Å²) in [5.74, 6) is -0.0430. The van der Waals surface area contributed by atoms with E-state index in [2.05, 4.69) is 9.71 Å². The molecule has 1 heterocycles. The highest BCUT2D eigenvalue weighted by atomic mass is 32.2. The lowest BCUT2D eigenvalue weighted by Crippen LogP contribution is -2.32. The van der Waals surface area contributed by atoms with Gasteiger partial charge in [-0.15, -0.1) is 0 Å². The van der Waals surface area contributed by atoms with Crippen LogP contribution in [-0.4, -0.2) is 35.5 Å². The average molecular weight is 465 g/mol. The Labute approximate surface area is 180 Å². The third-order valence-electron chi connectivity index (χ3n) is 4.72. The third-order valence-corrected chi connectivity index (χ3v) is 8.26. The molecule has 0 fully saturated rings. The van der Waals surface area contributed by atoms with Gasteiger partial charge in [0.25, 0.3) is 0 Å². The van der Waals surface area contributed by atoms with Gasteiger partial charge in [0, 0.05) is 18.9 Å². The van der Waals surface area contributed by atoms with Crippen LogP contribution in [0.4, 0.5) is 4.39 Å². The number of nitrogens with zero attached hydrogens (tertiary/aromatic N) is 1. The van der Waals surface area contributed by atoms with Crippen LogP contribution < -0.4 is 9.46 Å². The molecule has 0 radical (unpaired) electrons. The first kappa shape index (κ1) is 22.9. The van der Waals surface area contributed by atoms with Crippen LogP contribution in [0.5, 0.6) is 5.75 Å². The van der Waals surface area contributed by atoms with E-state index in [1.807, 2.05) is 0 Å². The number of benzene rings is 2. The monoisotopic (exact) mass is 464 g/mol. The lowest BCUT2D eigenvalue weighted by molar-refractivity contribution is 0.414. The second-order valence-electron chi connectivity index (χ2n) is 6.76. The van der Waals surface area contributed by atoms with E-state index in [-0.39, 0.29) is 15.4 Å². The lowest BCUT2D eigenvalue weighted by Gasteiger charge is -2.19. The van der Waals surface area contributed by atoms with Crippen molar-refractivity contribution in [2.24, 2.45) is 0 Å². The van der Waals surface area contributed by atoms with E-state index in [4.69, 9.17) is 4.74 Å². The molecule has 0 aliphatic carbocycles. The van der Waals surface area contributed by atoms with Crippen LogP contribution in [-0.2, 0) is 19.9 Å². The van der Waals surface area contributed by atoms with Crippen LogP contribution in [0, 0.1) is 12.7 Å². The first-order chi connectivity index (χ1) is 14.6. The number of methoxy groups -OCH3 is 1. The van der Waals surface area contributed by atoms with Crippen molar-refractivity contribution in [1.29, 1.82) is 0 Å². The molecule has 0 saturated heterocycles. The maximum Gasteiger partial charge on any atom is 0.240 e. The Morgan fingerprint density at radius 1 is 1.03 bits per heavy atom. The number of pyridine rings is 1. The number of aromatic nitrogens is 1. The summed E-state index contributed by atoms with van der Waals surface area (Å²) in [5, 5.41) is -1.26. The Hall–Kier alpha value is -2.82. The maximum absolute atomic E-state index is 13.7. The summed E-state index contributed by atoms with van der Waals surface area (Å²) in [6.45, 7) is 1.03. The summed E-state index contributed by atoms with van der Waals surface area (Å²) in [7, 11) is -6.60. The molecule has 0 spiro atoms. The fraction of sp³-hybridized carbons (Fsp3) is 0.190. The summed E-state index contributed by atoms with van der Waals surface area (Å²) in [6.07, 6.45) is 2.84. The summed E-state index contributed by atoms with van der Waals surface area (Å²) in [6, 6.07) is 12.3. The second-order valence-corrected chi connectivity index (χ2v) is 10.7. The largest absolute Gasteiger partial charge is 0.497 e. The van der Waals surface area contributed by atoms with Crippen molar-refractivity contribution in [3.8, 4) is 5.75 Å². The van der Waals surface area contributed by atoms with Crippen LogP contribution in [0.3, 0.4) is 0 Å². The molecule has 1 aromatic heterocycles. The van der Waals surface area contributed by atoms with E-state index >= 15 is 0 Å². The zero-order valence-electron chi connectivity index (χ0n) is 16.8. The lowest BCUT2D eigenvalue weighted by atomic mass is 10.2. The number of halogens is 1. The van der Waals surface area contributed by atoms with Crippen molar-refractivity contribution < 1.29 is 26.0 Å². The van der Waals surface area contributed by atoms with E-state index in [0.29, 0.717) is 11.3 Å². The number of rotatable bonds is 8. The number of ether oxygens (including phenoxy) is 1. The number of hydrogen-bond donors (Lipinski definition) is 1. The van der Waals surface area contributed by atoms with Gasteiger partial charge >= 0.3 is 0 Å². The standard InChI is InChI=1S/C21H21FN2O5S2/c1-15-12-19(9-10-20(15)22)30(25,26)21(16-4-3-11-23-13-16)14-24-31(27,28)18-7-5-17(29-2)6-8-18/h3-13,21,24H,14H2,1-2H3/t21-/m0/s1. The van der Waals surface area contributed by atoms with Crippen molar-refractivity contribution in [3.05, 3.63) is 83.9 Å². The molecule has 2 aromatic carbocycles. The molecule has 164 valence electrons. The van der Waals surface area contributed by atoms with Gasteiger partial charge in [0.15, 0.2) is 9.84 Å². The normalized spacial score (nSPS) is 13.0. The Bertz CT molecular complexity index is 1260. The molecule has 3 aromatic rings. The second kappa shape index (κ2) is 9.13. The molecule has 0 unspecified atom stereocenters. The van der Waals surface area contributed by atoms with E-state index in [9.17, 15) is 21.2 Å². The zero-order valence-corrected chi connectivity index (χ0v) is 18.5. The summed E-state index contributed by atoms with van der Waals surface area (Å²) in [5.41, 5.74) is 0.478. The number of aryl methyl sites for hydroxylation is 1. The quantitative estimate of drug-likeness (QED) is 0.514. The van der Waals surface area contributed by atoms with Crippen LogP contribution in [0.1, 0.15) is 16.4 Å². The minimum Gasteiger partial charge on any atom is -0.497 e. The molecule has 10 heteroatoms. The average Bonchev–Trinajstić information content (AvgIpc) is 2.76. The Balaban J connectivity index is 1.95. The van der Waals surface area contributed by atoms with Crippen molar-refractivity contribution in [1.82, 2.24) is 9.71 Å². The Morgan fingerprint density at radius 2 is 1.71 bits per heavy atom. The minimum atomic E-state index is -4.06. The maximum atomic E-state index is 13.7. The van der Waals surface area contributed by atoms with Crippen LogP contribution >= 0.6 is 0 Å². The number of hydrogen-bond acceptors (Lipinski definition) is 6. The predicted molar refractivity (Wildman–Crippen MR) is 113 cm³/mol. The van der Waals surface area contributed by atoms with Gasteiger partial charge in [-0.3, -0.25) is 4.98 Å². The smallest absolute Gasteiger partial charge is 0.240 e. The van der Waals surface area contributed by atoms with Gasteiger partial charge in [0.05, 0.1) is 16.9 Å². The molecule has 0 amide bonds. The fourth-order valence-corrected chi connectivity index (χ4v) is 5.84. The molecule has 31 heavy (non-hydrogen) atoms. The van der Waals surface area contributed by atoms with Gasteiger partial charge < -0.3 is 4.74 Å². The van der Waals surface area contributed by atoms with Gasteiger partial charge in [-0.1, -0.05) is 6.07 Å². The highest BCUT2D eigenvalue weighted by Gasteiger charge is 2.31. The topological polar surface area (TPSA) is 102 Å². The molecule has 7 nitrogen and oxygen atoms in total. The highest BCUT2D eigenvalue weighted by Crippen LogP contribution is 2.29. The van der Waals surface area contributed by atoms with Crippen molar-refractivity contribution >= 4 is 19.9 Å². The summed E-state index contributed by atoms with van der Waals surface area (Å²) >= 11 is 0. The third kappa shape index (κ3) is 5.09. The van der Waals surface area contributed by atoms with Gasteiger partial charge in [-0.2, -0.15) is 0 Å². The van der Waals surface area contributed by atoms with Crippen molar-refractivity contribution in [3.63, 3.8) is 0 Å². The van der Waals surface area contributed by atoms with Gasteiger partial charge in [-0.25, -0.2) is 25.9 Å². The summed E-state index contributed by atoms with van der Waals surface area (Å²) < 4.78 is 73.1. The van der Waals surface area contributed by atoms with E-state index in [1.165, 1.54) is 62.8 Å². The van der Waals surface area contributed by atoms with Crippen molar-refractivity contribution in [2.45, 2.75) is 22.0 Å². The number of sulfone groups is 1. The van der Waals surface area contributed by atoms with Gasteiger partial charge in [0.1, 0.15) is 16.8 Å². The number of sulfonamides is 1. The molecule has 0 bridgehead atoms. The molecule has 0 saturated carbocycles. The van der Waals surface area contributed by atoms with E-state index in [0.717, 1.165) is 6.07 Å². The zero-order chi connectivity index (χ0) is 22.6. The van der Waals surface area contributed by atoms with Crippen molar-refractivity contribution in [2.75, 3.05) is 13.7 Å². The number of nitrogens with one attached hydrogen (secondary N) is 1. The molecule has 1 atom stereocenters. The van der Waals surface area contributed by atoms with Crippen LogP contribution in [0.25, 0.3) is 0 Å². The molecular weight excluding hydrogens is 443 g/mol. The predicted octanol–water partition coefficient (Wildman–Crippen LogP) is 3.03. The molecule has 0 aliphatic rings. The van der Waals surface area contributed by atoms with Gasteiger partial charge in [0.2, 0.25) is 10.0 Å². The van der Waals surface area contributed by atoms with E-state index < -0.39 is 37.5 Å².